The van der Waals surface area contributed by atoms with E-state index in [1.165, 1.54) is 49.6 Å². The number of anilines is 3. The number of fused-ring (bicyclic) bond motifs is 9. The lowest BCUT2D eigenvalue weighted by atomic mass is 9.82. The minimum atomic E-state index is -0.131. The summed E-state index contributed by atoms with van der Waals surface area (Å²) in [6.07, 6.45) is 0. The highest BCUT2D eigenvalue weighted by Crippen LogP contribution is 2.51. The molecule has 0 saturated carbocycles. The maximum Gasteiger partial charge on any atom is 0.143 e. The Balaban J connectivity index is 0.906. The van der Waals surface area contributed by atoms with Gasteiger partial charge in [-0.05, 0) is 105 Å². The molecule has 13 rings (SSSR count). The van der Waals surface area contributed by atoms with E-state index in [-0.39, 0.29) is 5.41 Å². The second kappa shape index (κ2) is 14.8. The van der Waals surface area contributed by atoms with E-state index in [0.29, 0.717) is 0 Å². The molecule has 3 nitrogen and oxygen atoms in total. The molecule has 0 fully saturated rings. The quantitative estimate of drug-likeness (QED) is 0.159. The summed E-state index contributed by atoms with van der Waals surface area (Å²) in [7, 11) is 0. The first-order valence-corrected chi connectivity index (χ1v) is 22.8. The molecule has 10 aromatic carbocycles. The van der Waals surface area contributed by atoms with E-state index in [2.05, 4.69) is 254 Å². The van der Waals surface area contributed by atoms with E-state index in [1.54, 1.807) is 0 Å². The van der Waals surface area contributed by atoms with Crippen molar-refractivity contribution in [1.29, 1.82) is 0 Å². The Kier molecular flexibility index (Phi) is 8.56. The van der Waals surface area contributed by atoms with E-state index in [9.17, 15) is 0 Å². The van der Waals surface area contributed by atoms with Gasteiger partial charge in [-0.15, -0.1) is 0 Å². The fraction of sp³-hybridized carbons (Fsp3) is 0.0476. The van der Waals surface area contributed by atoms with Crippen molar-refractivity contribution >= 4 is 60.8 Å². The zero-order valence-electron chi connectivity index (χ0n) is 36.7. The van der Waals surface area contributed by atoms with Crippen molar-refractivity contribution in [3.63, 3.8) is 0 Å². The van der Waals surface area contributed by atoms with Crippen molar-refractivity contribution in [1.82, 2.24) is 4.57 Å². The van der Waals surface area contributed by atoms with Gasteiger partial charge in [0.05, 0.1) is 11.0 Å². The minimum Gasteiger partial charge on any atom is -0.455 e. The molecule has 0 N–H and O–H groups in total. The highest BCUT2D eigenvalue weighted by Gasteiger charge is 2.35. The molecule has 12 aromatic rings. The summed E-state index contributed by atoms with van der Waals surface area (Å²) < 4.78 is 9.22. The normalized spacial score (nSPS) is 12.8. The summed E-state index contributed by atoms with van der Waals surface area (Å²) in [5.74, 6) is 0. The van der Waals surface area contributed by atoms with Gasteiger partial charge in [-0.2, -0.15) is 0 Å². The van der Waals surface area contributed by atoms with Gasteiger partial charge in [-0.3, -0.25) is 0 Å². The molecule has 0 saturated heterocycles. The second-order valence-corrected chi connectivity index (χ2v) is 18.1. The van der Waals surface area contributed by atoms with Crippen molar-refractivity contribution < 1.29 is 4.42 Å². The number of aromatic nitrogens is 1. The van der Waals surface area contributed by atoms with Gasteiger partial charge in [0.1, 0.15) is 11.2 Å². The van der Waals surface area contributed by atoms with Gasteiger partial charge in [0.15, 0.2) is 0 Å². The molecule has 0 aliphatic heterocycles. The lowest BCUT2D eigenvalue weighted by molar-refractivity contribution is 0.660. The summed E-state index contributed by atoms with van der Waals surface area (Å²) >= 11 is 0. The molecule has 0 bridgehead atoms. The Morgan fingerprint density at radius 2 is 0.833 bits per heavy atom. The third-order valence-corrected chi connectivity index (χ3v) is 14.0. The van der Waals surface area contributed by atoms with Gasteiger partial charge < -0.3 is 13.9 Å². The van der Waals surface area contributed by atoms with Crippen LogP contribution in [0.25, 0.3) is 93.9 Å². The highest BCUT2D eigenvalue weighted by molar-refractivity contribution is 6.13. The van der Waals surface area contributed by atoms with Crippen LogP contribution in [0.3, 0.4) is 0 Å². The van der Waals surface area contributed by atoms with E-state index in [4.69, 9.17) is 4.42 Å². The van der Waals surface area contributed by atoms with Gasteiger partial charge in [0.25, 0.3) is 0 Å². The molecule has 0 amide bonds. The molecule has 312 valence electrons. The van der Waals surface area contributed by atoms with Crippen LogP contribution in [0.5, 0.6) is 0 Å². The molecule has 0 radical (unpaired) electrons. The lowest BCUT2D eigenvalue weighted by Crippen LogP contribution is -2.16. The largest absolute Gasteiger partial charge is 0.455 e. The van der Waals surface area contributed by atoms with Crippen LogP contribution in [0.15, 0.2) is 235 Å². The Bertz CT molecular complexity index is 3780. The number of para-hydroxylation sites is 4. The van der Waals surface area contributed by atoms with Crippen LogP contribution in [0.4, 0.5) is 17.1 Å². The fourth-order valence-corrected chi connectivity index (χ4v) is 10.8. The van der Waals surface area contributed by atoms with Crippen LogP contribution in [0, 0.1) is 0 Å². The Labute approximate surface area is 384 Å². The maximum absolute atomic E-state index is 6.83. The Morgan fingerprint density at radius 1 is 0.348 bits per heavy atom. The van der Waals surface area contributed by atoms with Crippen LogP contribution >= 0.6 is 0 Å². The molecule has 0 unspecified atom stereocenters. The molecule has 2 aromatic heterocycles. The summed E-state index contributed by atoms with van der Waals surface area (Å²) in [6.45, 7) is 4.70. The van der Waals surface area contributed by atoms with Crippen LogP contribution in [0.1, 0.15) is 25.0 Å². The predicted molar refractivity (Wildman–Crippen MR) is 277 cm³/mol. The molecule has 1 aliphatic carbocycles. The third kappa shape index (κ3) is 5.90. The summed E-state index contributed by atoms with van der Waals surface area (Å²) in [4.78, 5) is 2.40. The van der Waals surface area contributed by atoms with Crippen molar-refractivity contribution in [2.75, 3.05) is 4.90 Å². The fourth-order valence-electron chi connectivity index (χ4n) is 10.8. The lowest BCUT2D eigenvalue weighted by Gasteiger charge is -2.28. The molecule has 0 spiro atoms. The Hall–Kier alpha value is -8.40. The standard InChI is InChI=1S/C63H44N2O/c1-63(2)57-26-9-6-19-51(57)52-38-37-48(40-58(52)63)64(45-33-29-41(30-34-45)44-17-12-18-47(39-44)65-59-27-10-7-20-53(59)54-21-8-11-28-60(54)65)46-35-31-43(32-36-46)50-23-14-25-56-55-24-13-22-49(61(55)66-62(50)56)42-15-4-3-5-16-42/h3-40H,1-2H3. The van der Waals surface area contributed by atoms with E-state index < -0.39 is 0 Å². The van der Waals surface area contributed by atoms with Gasteiger partial charge in [-0.1, -0.05) is 184 Å². The van der Waals surface area contributed by atoms with Gasteiger partial charge >= 0.3 is 0 Å². The molecular formula is C63H44N2O. The molecule has 66 heavy (non-hydrogen) atoms. The molecular weight excluding hydrogens is 801 g/mol. The number of benzene rings is 10. The Morgan fingerprint density at radius 3 is 1.50 bits per heavy atom. The van der Waals surface area contributed by atoms with Crippen molar-refractivity contribution in [2.45, 2.75) is 19.3 Å². The highest BCUT2D eigenvalue weighted by atomic mass is 16.3. The van der Waals surface area contributed by atoms with Gasteiger partial charge in [-0.25, -0.2) is 0 Å². The van der Waals surface area contributed by atoms with Crippen molar-refractivity contribution in [2.24, 2.45) is 0 Å². The van der Waals surface area contributed by atoms with E-state index in [1.807, 2.05) is 0 Å². The summed E-state index contributed by atoms with van der Waals surface area (Å²) in [6, 6.07) is 83.7. The minimum absolute atomic E-state index is 0.131. The van der Waals surface area contributed by atoms with Crippen molar-refractivity contribution in [3.05, 3.63) is 242 Å². The van der Waals surface area contributed by atoms with Crippen LogP contribution in [-0.2, 0) is 5.41 Å². The molecule has 0 atom stereocenters. The van der Waals surface area contributed by atoms with Gasteiger partial charge in [0, 0.05) is 60.8 Å². The van der Waals surface area contributed by atoms with Crippen molar-refractivity contribution in [3.8, 4) is 50.2 Å². The SMILES string of the molecule is CC1(C)c2ccccc2-c2ccc(N(c3ccc(-c4cccc(-n5c6ccccc6c6ccccc65)c4)cc3)c3ccc(-c4cccc5c4oc4c(-c6ccccc6)cccc45)cc3)cc21. The average molecular weight is 845 g/mol. The number of rotatable bonds is 7. The monoisotopic (exact) mass is 844 g/mol. The zero-order valence-corrected chi connectivity index (χ0v) is 36.7. The molecule has 1 aliphatic rings. The van der Waals surface area contributed by atoms with Crippen LogP contribution < -0.4 is 4.90 Å². The summed E-state index contributed by atoms with van der Waals surface area (Å²) in [5.41, 5.74) is 20.6. The second-order valence-electron chi connectivity index (χ2n) is 18.1. The topological polar surface area (TPSA) is 21.3 Å². The molecule has 2 heterocycles. The number of nitrogens with zero attached hydrogens (tertiary/aromatic N) is 2. The first-order chi connectivity index (χ1) is 32.5. The average Bonchev–Trinajstić information content (AvgIpc) is 4.00. The number of furan rings is 1. The summed E-state index contributed by atoms with van der Waals surface area (Å²) in [5, 5.41) is 4.77. The smallest absolute Gasteiger partial charge is 0.143 e. The van der Waals surface area contributed by atoms with E-state index >= 15 is 0 Å². The van der Waals surface area contributed by atoms with Gasteiger partial charge in [0.2, 0.25) is 0 Å². The number of hydrogen-bond donors (Lipinski definition) is 0. The maximum atomic E-state index is 6.83. The van der Waals surface area contributed by atoms with Crippen LogP contribution in [-0.4, -0.2) is 4.57 Å². The molecule has 3 heteroatoms. The van der Waals surface area contributed by atoms with E-state index in [0.717, 1.165) is 72.5 Å². The zero-order chi connectivity index (χ0) is 43.9. The predicted octanol–water partition coefficient (Wildman–Crippen LogP) is 17.5. The first-order valence-electron chi connectivity index (χ1n) is 22.8. The number of hydrogen-bond acceptors (Lipinski definition) is 2. The third-order valence-electron chi connectivity index (χ3n) is 14.0. The van der Waals surface area contributed by atoms with Crippen LogP contribution in [0.2, 0.25) is 0 Å². The first kappa shape index (κ1) is 38.1.